The summed E-state index contributed by atoms with van der Waals surface area (Å²) in [7, 11) is 0. The van der Waals surface area contributed by atoms with E-state index in [1.807, 2.05) is 52.0 Å². The molecule has 4 heteroatoms. The van der Waals surface area contributed by atoms with E-state index in [2.05, 4.69) is 29.6 Å². The first-order valence-electron chi connectivity index (χ1n) is 8.67. The zero-order valence-corrected chi connectivity index (χ0v) is 15.5. The van der Waals surface area contributed by atoms with Gasteiger partial charge in [-0.15, -0.1) is 0 Å². The molecule has 0 aromatic heterocycles. The summed E-state index contributed by atoms with van der Waals surface area (Å²) in [4.78, 5) is 11.8. The van der Waals surface area contributed by atoms with Crippen LogP contribution < -0.4 is 10.1 Å². The Hall–Kier alpha value is -2.49. The molecule has 1 amide bonds. The quantitative estimate of drug-likeness (QED) is 0.819. The highest BCUT2D eigenvalue weighted by Gasteiger charge is 2.16. The number of amides is 1. The normalized spacial score (nSPS) is 11.0. The maximum absolute atomic E-state index is 11.8. The molecular weight excluding hydrogens is 314 g/mol. The van der Waals surface area contributed by atoms with E-state index in [-0.39, 0.29) is 6.09 Å². The predicted molar refractivity (Wildman–Crippen MR) is 101 cm³/mol. The molecule has 0 atom stereocenters. The number of hydrogen-bond acceptors (Lipinski definition) is 3. The number of benzene rings is 2. The summed E-state index contributed by atoms with van der Waals surface area (Å²) < 4.78 is 10.9. The van der Waals surface area contributed by atoms with Crippen molar-refractivity contribution in [2.45, 2.75) is 39.7 Å². The summed E-state index contributed by atoms with van der Waals surface area (Å²) in [5.74, 6) is 0.852. The lowest BCUT2D eigenvalue weighted by Crippen LogP contribution is -2.33. The SMILES string of the molecule is CCOc1ccc(CCNC(=O)OC(C)(C)C)c(-c2ccccc2)c1. The standard InChI is InChI=1S/C21H27NO3/c1-5-24-18-12-11-17(13-14-22-20(23)25-21(2,3)4)19(15-18)16-9-7-6-8-10-16/h6-12,15H,5,13-14H2,1-4H3,(H,22,23). The van der Waals surface area contributed by atoms with Crippen LogP contribution in [0.15, 0.2) is 48.5 Å². The summed E-state index contributed by atoms with van der Waals surface area (Å²) in [5.41, 5.74) is 2.93. The van der Waals surface area contributed by atoms with Gasteiger partial charge in [0.05, 0.1) is 6.61 Å². The van der Waals surface area contributed by atoms with Gasteiger partial charge in [0.1, 0.15) is 11.4 Å². The minimum atomic E-state index is -0.488. The maximum Gasteiger partial charge on any atom is 0.407 e. The maximum atomic E-state index is 11.8. The summed E-state index contributed by atoms with van der Waals surface area (Å²) in [6.45, 7) is 8.68. The van der Waals surface area contributed by atoms with Crippen molar-refractivity contribution in [2.75, 3.05) is 13.2 Å². The van der Waals surface area contributed by atoms with Gasteiger partial charge >= 0.3 is 6.09 Å². The molecule has 0 saturated heterocycles. The molecule has 0 aliphatic carbocycles. The second kappa shape index (κ2) is 8.56. The molecule has 4 nitrogen and oxygen atoms in total. The molecule has 0 spiro atoms. The van der Waals surface area contributed by atoms with Crippen LogP contribution in [0, 0.1) is 0 Å². The first-order chi connectivity index (χ1) is 11.9. The van der Waals surface area contributed by atoms with Gasteiger partial charge in [-0.2, -0.15) is 0 Å². The van der Waals surface area contributed by atoms with Gasteiger partial charge in [-0.25, -0.2) is 4.79 Å². The Morgan fingerprint density at radius 3 is 2.44 bits per heavy atom. The first-order valence-corrected chi connectivity index (χ1v) is 8.67. The molecule has 134 valence electrons. The largest absolute Gasteiger partial charge is 0.494 e. The molecule has 0 aliphatic rings. The van der Waals surface area contributed by atoms with Crippen LogP contribution in [0.2, 0.25) is 0 Å². The van der Waals surface area contributed by atoms with Gasteiger partial charge in [-0.05, 0) is 62.9 Å². The van der Waals surface area contributed by atoms with Gasteiger partial charge < -0.3 is 14.8 Å². The third-order valence-corrected chi connectivity index (χ3v) is 3.54. The molecule has 0 heterocycles. The van der Waals surface area contributed by atoms with E-state index < -0.39 is 5.60 Å². The molecule has 0 saturated carbocycles. The van der Waals surface area contributed by atoms with E-state index in [1.54, 1.807) is 0 Å². The van der Waals surface area contributed by atoms with Crippen LogP contribution in [0.4, 0.5) is 4.79 Å². The second-order valence-corrected chi connectivity index (χ2v) is 6.80. The molecule has 2 rings (SSSR count). The molecule has 1 N–H and O–H groups in total. The van der Waals surface area contributed by atoms with Crippen molar-refractivity contribution < 1.29 is 14.3 Å². The molecule has 0 aliphatic heterocycles. The van der Waals surface area contributed by atoms with E-state index in [0.717, 1.165) is 28.9 Å². The van der Waals surface area contributed by atoms with Gasteiger partial charge in [-0.1, -0.05) is 36.4 Å². The van der Waals surface area contributed by atoms with Crippen molar-refractivity contribution in [2.24, 2.45) is 0 Å². The summed E-state index contributed by atoms with van der Waals surface area (Å²) >= 11 is 0. The number of rotatable bonds is 6. The van der Waals surface area contributed by atoms with Crippen LogP contribution >= 0.6 is 0 Å². The molecule has 0 unspecified atom stereocenters. The Kier molecular flexibility index (Phi) is 6.45. The third-order valence-electron chi connectivity index (χ3n) is 3.54. The Balaban J connectivity index is 2.10. The van der Waals surface area contributed by atoms with E-state index in [1.165, 1.54) is 0 Å². The van der Waals surface area contributed by atoms with Crippen molar-refractivity contribution in [3.05, 3.63) is 54.1 Å². The number of nitrogens with one attached hydrogen (secondary N) is 1. The van der Waals surface area contributed by atoms with Crippen molar-refractivity contribution >= 4 is 6.09 Å². The molecule has 0 radical (unpaired) electrons. The van der Waals surface area contributed by atoms with Crippen molar-refractivity contribution in [3.63, 3.8) is 0 Å². The van der Waals surface area contributed by atoms with Gasteiger partial charge in [0.2, 0.25) is 0 Å². The fraction of sp³-hybridized carbons (Fsp3) is 0.381. The number of carbonyl (C=O) groups excluding carboxylic acids is 1. The Labute approximate surface area is 150 Å². The number of carbonyl (C=O) groups is 1. The summed E-state index contributed by atoms with van der Waals surface area (Å²) in [5, 5.41) is 2.81. The summed E-state index contributed by atoms with van der Waals surface area (Å²) in [6, 6.07) is 16.3. The lowest BCUT2D eigenvalue weighted by Gasteiger charge is -2.20. The fourth-order valence-corrected chi connectivity index (χ4v) is 2.53. The minimum absolute atomic E-state index is 0.389. The molecule has 2 aromatic rings. The van der Waals surface area contributed by atoms with Crippen LogP contribution in [0.25, 0.3) is 11.1 Å². The average molecular weight is 341 g/mol. The topological polar surface area (TPSA) is 47.6 Å². The van der Waals surface area contributed by atoms with Crippen LogP contribution in [0.3, 0.4) is 0 Å². The van der Waals surface area contributed by atoms with E-state index in [9.17, 15) is 4.79 Å². The van der Waals surface area contributed by atoms with Gasteiger partial charge in [0.25, 0.3) is 0 Å². The van der Waals surface area contributed by atoms with Crippen LogP contribution in [0.1, 0.15) is 33.3 Å². The van der Waals surface area contributed by atoms with E-state index >= 15 is 0 Å². The fourth-order valence-electron chi connectivity index (χ4n) is 2.53. The van der Waals surface area contributed by atoms with Gasteiger partial charge in [0, 0.05) is 6.54 Å². The number of alkyl carbamates (subject to hydrolysis) is 1. The first kappa shape index (κ1) is 18.8. The number of hydrogen-bond donors (Lipinski definition) is 1. The van der Waals surface area contributed by atoms with Crippen LogP contribution in [-0.2, 0) is 11.2 Å². The highest BCUT2D eigenvalue weighted by molar-refractivity contribution is 5.70. The van der Waals surface area contributed by atoms with Gasteiger partial charge in [0.15, 0.2) is 0 Å². The van der Waals surface area contributed by atoms with Gasteiger partial charge in [-0.3, -0.25) is 0 Å². The molecular formula is C21H27NO3. The second-order valence-electron chi connectivity index (χ2n) is 6.80. The highest BCUT2D eigenvalue weighted by atomic mass is 16.6. The van der Waals surface area contributed by atoms with Crippen molar-refractivity contribution in [3.8, 4) is 16.9 Å². The Bertz CT molecular complexity index is 690. The molecule has 0 bridgehead atoms. The van der Waals surface area contributed by atoms with Crippen molar-refractivity contribution in [1.29, 1.82) is 0 Å². The monoisotopic (exact) mass is 341 g/mol. The molecule has 0 fully saturated rings. The van der Waals surface area contributed by atoms with Crippen LogP contribution in [0.5, 0.6) is 5.75 Å². The molecule has 2 aromatic carbocycles. The molecule has 25 heavy (non-hydrogen) atoms. The Morgan fingerprint density at radius 2 is 1.80 bits per heavy atom. The zero-order valence-electron chi connectivity index (χ0n) is 15.5. The minimum Gasteiger partial charge on any atom is -0.494 e. The highest BCUT2D eigenvalue weighted by Crippen LogP contribution is 2.28. The van der Waals surface area contributed by atoms with E-state index in [4.69, 9.17) is 9.47 Å². The zero-order chi connectivity index (χ0) is 18.3. The third kappa shape index (κ3) is 6.14. The smallest absolute Gasteiger partial charge is 0.407 e. The van der Waals surface area contributed by atoms with Crippen LogP contribution in [-0.4, -0.2) is 24.8 Å². The Morgan fingerprint density at radius 1 is 1.08 bits per heavy atom. The lowest BCUT2D eigenvalue weighted by molar-refractivity contribution is 0.0528. The lowest BCUT2D eigenvalue weighted by atomic mass is 9.97. The van der Waals surface area contributed by atoms with E-state index in [0.29, 0.717) is 13.2 Å². The number of ether oxygens (including phenoxy) is 2. The average Bonchev–Trinajstić information content (AvgIpc) is 2.55. The van der Waals surface area contributed by atoms with Crippen molar-refractivity contribution in [1.82, 2.24) is 5.32 Å². The summed E-state index contributed by atoms with van der Waals surface area (Å²) in [6.07, 6.45) is 0.329. The predicted octanol–water partition coefficient (Wildman–Crippen LogP) is 4.82.